The lowest BCUT2D eigenvalue weighted by molar-refractivity contribution is -0.121. The zero-order valence-electron chi connectivity index (χ0n) is 11.3. The molecule has 2 rings (SSSR count). The fourth-order valence-corrected chi connectivity index (χ4v) is 2.29. The molecule has 0 spiro atoms. The monoisotopic (exact) mass is 263 g/mol. The highest BCUT2D eigenvalue weighted by Crippen LogP contribution is 2.26. The molecule has 0 aromatic heterocycles. The zero-order valence-corrected chi connectivity index (χ0v) is 11.3. The zero-order chi connectivity index (χ0) is 13.7. The van der Waals surface area contributed by atoms with Crippen LogP contribution in [0, 0.1) is 0 Å². The summed E-state index contributed by atoms with van der Waals surface area (Å²) in [7, 11) is 1.68. The number of nitrogens with two attached hydrogens (primary N) is 1. The number of carbonyl (C=O) groups is 1. The molecule has 19 heavy (non-hydrogen) atoms. The highest BCUT2D eigenvalue weighted by molar-refractivity contribution is 5.76. The Kier molecular flexibility index (Phi) is 4.76. The van der Waals surface area contributed by atoms with Crippen LogP contribution in [0.2, 0.25) is 0 Å². The fourth-order valence-electron chi connectivity index (χ4n) is 2.29. The Balaban J connectivity index is 1.81. The van der Waals surface area contributed by atoms with Gasteiger partial charge >= 0.3 is 0 Å². The van der Waals surface area contributed by atoms with Gasteiger partial charge in [-0.2, -0.15) is 0 Å². The average Bonchev–Trinajstić information content (AvgIpc) is 2.84. The van der Waals surface area contributed by atoms with Crippen molar-refractivity contribution >= 4 is 5.91 Å². The molecule has 1 amide bonds. The maximum Gasteiger partial charge on any atom is 0.221 e. The van der Waals surface area contributed by atoms with Gasteiger partial charge < -0.3 is 15.8 Å². The lowest BCUT2D eigenvalue weighted by Crippen LogP contribution is -2.31. The van der Waals surface area contributed by atoms with E-state index in [9.17, 15) is 4.79 Å². The largest absolute Gasteiger partial charge is 0.497 e. The van der Waals surface area contributed by atoms with Gasteiger partial charge in [-0.3, -0.25) is 9.69 Å². The Labute approximate surface area is 113 Å². The molecule has 1 aromatic carbocycles. The van der Waals surface area contributed by atoms with E-state index < -0.39 is 0 Å². The molecule has 0 atom stereocenters. The second-order valence-corrected chi connectivity index (χ2v) is 4.73. The van der Waals surface area contributed by atoms with E-state index in [1.54, 1.807) is 7.11 Å². The Morgan fingerprint density at radius 2 is 2.21 bits per heavy atom. The van der Waals surface area contributed by atoms with E-state index in [-0.39, 0.29) is 5.91 Å². The number of fused-ring (bicyclic) bond motifs is 1. The van der Waals surface area contributed by atoms with Crippen LogP contribution in [0.5, 0.6) is 5.75 Å². The third kappa shape index (κ3) is 3.68. The van der Waals surface area contributed by atoms with Gasteiger partial charge in [0.1, 0.15) is 5.75 Å². The maximum atomic E-state index is 11.5. The van der Waals surface area contributed by atoms with Gasteiger partial charge in [-0.25, -0.2) is 0 Å². The van der Waals surface area contributed by atoms with Crippen LogP contribution in [-0.4, -0.2) is 37.6 Å². The third-order valence-electron chi connectivity index (χ3n) is 3.32. The van der Waals surface area contributed by atoms with Gasteiger partial charge in [0, 0.05) is 39.1 Å². The standard InChI is InChI=1S/C14H21N3O2/c1-19-13-3-2-11-9-17(10-12(11)8-13)7-4-14(18)16-6-5-15/h2-3,8H,4-7,9-10,15H2,1H3,(H,16,18). The minimum absolute atomic E-state index is 0.0685. The van der Waals surface area contributed by atoms with E-state index in [4.69, 9.17) is 10.5 Å². The van der Waals surface area contributed by atoms with Crippen LogP contribution >= 0.6 is 0 Å². The minimum Gasteiger partial charge on any atom is -0.497 e. The number of nitrogens with one attached hydrogen (secondary N) is 1. The summed E-state index contributed by atoms with van der Waals surface area (Å²) in [6, 6.07) is 6.16. The molecule has 0 saturated carbocycles. The van der Waals surface area contributed by atoms with Crippen molar-refractivity contribution in [2.45, 2.75) is 19.5 Å². The number of hydrogen-bond acceptors (Lipinski definition) is 4. The maximum absolute atomic E-state index is 11.5. The van der Waals surface area contributed by atoms with Crippen molar-refractivity contribution < 1.29 is 9.53 Å². The summed E-state index contributed by atoms with van der Waals surface area (Å²) in [6.07, 6.45) is 0.519. The molecule has 0 unspecified atom stereocenters. The summed E-state index contributed by atoms with van der Waals surface area (Å²) in [4.78, 5) is 13.8. The van der Waals surface area contributed by atoms with Crippen molar-refractivity contribution in [3.63, 3.8) is 0 Å². The van der Waals surface area contributed by atoms with Gasteiger partial charge in [0.05, 0.1) is 7.11 Å². The van der Waals surface area contributed by atoms with Crippen LogP contribution < -0.4 is 15.8 Å². The fraction of sp³-hybridized carbons (Fsp3) is 0.500. The van der Waals surface area contributed by atoms with Crippen LogP contribution in [0.15, 0.2) is 18.2 Å². The Hall–Kier alpha value is -1.59. The first-order valence-corrected chi connectivity index (χ1v) is 6.58. The average molecular weight is 263 g/mol. The van der Waals surface area contributed by atoms with Crippen LogP contribution in [0.4, 0.5) is 0 Å². The number of methoxy groups -OCH3 is 1. The number of nitrogens with zero attached hydrogens (tertiary/aromatic N) is 1. The van der Waals surface area contributed by atoms with Crippen LogP contribution in [0.25, 0.3) is 0 Å². The SMILES string of the molecule is COc1ccc2c(c1)CN(CCC(=O)NCCN)C2. The van der Waals surface area contributed by atoms with Crippen molar-refractivity contribution in [3.8, 4) is 5.75 Å². The smallest absolute Gasteiger partial charge is 0.221 e. The van der Waals surface area contributed by atoms with Crippen LogP contribution in [0.1, 0.15) is 17.5 Å². The summed E-state index contributed by atoms with van der Waals surface area (Å²) in [5.41, 5.74) is 7.96. The molecule has 5 heteroatoms. The molecule has 1 aromatic rings. The van der Waals surface area contributed by atoms with E-state index in [0.717, 1.165) is 25.4 Å². The van der Waals surface area contributed by atoms with Crippen molar-refractivity contribution in [2.24, 2.45) is 5.73 Å². The first-order chi connectivity index (χ1) is 9.22. The second-order valence-electron chi connectivity index (χ2n) is 4.73. The number of rotatable bonds is 6. The van der Waals surface area contributed by atoms with E-state index in [2.05, 4.69) is 22.3 Å². The van der Waals surface area contributed by atoms with Gasteiger partial charge in [0.15, 0.2) is 0 Å². The first kappa shape index (κ1) is 13.8. The lowest BCUT2D eigenvalue weighted by Gasteiger charge is -2.14. The Bertz CT molecular complexity index is 448. The number of ether oxygens (including phenoxy) is 1. The van der Waals surface area contributed by atoms with Crippen molar-refractivity contribution in [2.75, 3.05) is 26.7 Å². The number of hydrogen-bond donors (Lipinski definition) is 2. The van der Waals surface area contributed by atoms with Gasteiger partial charge in [-0.15, -0.1) is 0 Å². The highest BCUT2D eigenvalue weighted by Gasteiger charge is 2.19. The van der Waals surface area contributed by atoms with E-state index in [0.29, 0.717) is 19.5 Å². The number of amides is 1. The summed E-state index contributed by atoms with van der Waals surface area (Å²) in [6.45, 7) is 3.60. The molecule has 0 fully saturated rings. The quantitative estimate of drug-likeness (QED) is 0.783. The molecule has 1 aliphatic rings. The molecule has 3 N–H and O–H groups in total. The normalized spacial score (nSPS) is 14.2. The van der Waals surface area contributed by atoms with Crippen molar-refractivity contribution in [1.82, 2.24) is 10.2 Å². The summed E-state index contributed by atoms with van der Waals surface area (Å²) in [5, 5.41) is 2.79. The molecule has 1 aliphatic heterocycles. The predicted molar refractivity (Wildman–Crippen MR) is 73.8 cm³/mol. The molecular weight excluding hydrogens is 242 g/mol. The molecular formula is C14H21N3O2. The van der Waals surface area contributed by atoms with Crippen molar-refractivity contribution in [3.05, 3.63) is 29.3 Å². The summed E-state index contributed by atoms with van der Waals surface area (Å²) >= 11 is 0. The van der Waals surface area contributed by atoms with Crippen LogP contribution in [0.3, 0.4) is 0 Å². The van der Waals surface area contributed by atoms with E-state index >= 15 is 0 Å². The molecule has 104 valence electrons. The van der Waals surface area contributed by atoms with Gasteiger partial charge in [0.2, 0.25) is 5.91 Å². The van der Waals surface area contributed by atoms with E-state index in [1.165, 1.54) is 11.1 Å². The van der Waals surface area contributed by atoms with Gasteiger partial charge in [0.25, 0.3) is 0 Å². The minimum atomic E-state index is 0.0685. The van der Waals surface area contributed by atoms with Crippen molar-refractivity contribution in [1.29, 1.82) is 0 Å². The van der Waals surface area contributed by atoms with E-state index in [1.807, 2.05) is 6.07 Å². The molecule has 0 saturated heterocycles. The second kappa shape index (κ2) is 6.54. The Morgan fingerprint density at radius 1 is 1.42 bits per heavy atom. The molecule has 0 bridgehead atoms. The first-order valence-electron chi connectivity index (χ1n) is 6.58. The van der Waals surface area contributed by atoms with Gasteiger partial charge in [-0.05, 0) is 23.3 Å². The molecule has 1 heterocycles. The molecule has 0 aliphatic carbocycles. The topological polar surface area (TPSA) is 67.6 Å². The third-order valence-corrected chi connectivity index (χ3v) is 3.32. The number of benzene rings is 1. The highest BCUT2D eigenvalue weighted by atomic mass is 16.5. The number of carbonyl (C=O) groups excluding carboxylic acids is 1. The van der Waals surface area contributed by atoms with Gasteiger partial charge in [-0.1, -0.05) is 6.07 Å². The van der Waals surface area contributed by atoms with Crippen LogP contribution in [-0.2, 0) is 17.9 Å². The predicted octanol–water partition coefficient (Wildman–Crippen LogP) is 0.476. The summed E-state index contributed by atoms with van der Waals surface area (Å²) < 4.78 is 5.22. The summed E-state index contributed by atoms with van der Waals surface area (Å²) in [5.74, 6) is 0.959. The molecule has 5 nitrogen and oxygen atoms in total. The Morgan fingerprint density at radius 3 is 2.95 bits per heavy atom. The molecule has 0 radical (unpaired) electrons. The lowest BCUT2D eigenvalue weighted by atomic mass is 10.1.